The van der Waals surface area contributed by atoms with Crippen LogP contribution in [0, 0.1) is 0 Å². The van der Waals surface area contributed by atoms with Gasteiger partial charge in [0.05, 0.1) is 17.5 Å². The van der Waals surface area contributed by atoms with E-state index in [0.29, 0.717) is 5.95 Å². The van der Waals surface area contributed by atoms with Crippen LogP contribution in [0.5, 0.6) is 0 Å². The van der Waals surface area contributed by atoms with Gasteiger partial charge in [-0.25, -0.2) is 4.98 Å². The summed E-state index contributed by atoms with van der Waals surface area (Å²) in [6.45, 7) is 3.91. The van der Waals surface area contributed by atoms with Crippen LogP contribution in [-0.2, 0) is 6.54 Å². The molecule has 1 aliphatic heterocycles. The molecule has 0 unspecified atom stereocenters. The van der Waals surface area contributed by atoms with Crippen molar-refractivity contribution >= 4 is 47.6 Å². The molecule has 1 fully saturated rings. The van der Waals surface area contributed by atoms with Gasteiger partial charge >= 0.3 is 0 Å². The first kappa shape index (κ1) is 20.1. The Balaban J connectivity index is 0.00000121. The van der Waals surface area contributed by atoms with E-state index in [2.05, 4.69) is 19.9 Å². The van der Waals surface area contributed by atoms with E-state index in [0.717, 1.165) is 54.9 Å². The number of nitrogen functional groups attached to an aromatic ring is 1. The Morgan fingerprint density at radius 1 is 1.15 bits per heavy atom. The number of benzene rings is 1. The summed E-state index contributed by atoms with van der Waals surface area (Å²) in [4.78, 5) is 27.2. The van der Waals surface area contributed by atoms with Crippen molar-refractivity contribution in [1.82, 2.24) is 24.8 Å². The number of amides is 1. The number of carbonyl (C=O) groups is 1. The van der Waals surface area contributed by atoms with Crippen LogP contribution in [0.2, 0.25) is 0 Å². The van der Waals surface area contributed by atoms with Crippen molar-refractivity contribution in [3.05, 3.63) is 47.9 Å². The van der Waals surface area contributed by atoms with E-state index < -0.39 is 0 Å². The van der Waals surface area contributed by atoms with Gasteiger partial charge < -0.3 is 20.6 Å². The van der Waals surface area contributed by atoms with E-state index in [1.807, 2.05) is 35.4 Å². The minimum Gasteiger partial charge on any atom is -0.369 e. The molecule has 3 aromatic rings. The number of H-pyrrole nitrogens is 2. The third-order valence-corrected chi connectivity index (χ3v) is 4.52. The molecule has 0 aliphatic carbocycles. The van der Waals surface area contributed by atoms with Crippen LogP contribution in [0.25, 0.3) is 10.9 Å². The van der Waals surface area contributed by atoms with E-state index in [4.69, 9.17) is 5.73 Å². The lowest BCUT2D eigenvalue weighted by molar-refractivity contribution is 0.0629. The number of aromatic amines is 2. The molecule has 3 heterocycles. The van der Waals surface area contributed by atoms with Gasteiger partial charge in [0.25, 0.3) is 5.91 Å². The fourth-order valence-corrected chi connectivity index (χ4v) is 3.23. The number of hydrogen-bond acceptors (Lipinski definition) is 4. The second kappa shape index (κ2) is 8.44. The zero-order valence-corrected chi connectivity index (χ0v) is 15.8. The minimum atomic E-state index is 0. The van der Waals surface area contributed by atoms with Gasteiger partial charge in [-0.05, 0) is 6.07 Å². The SMILES string of the molecule is Cl.Cl.Nc1ncc(CN2CCN(C(=O)c3c[nH]c4ccccc34)CC2)[nH]1. The zero-order valence-electron chi connectivity index (χ0n) is 14.1. The van der Waals surface area contributed by atoms with Crippen molar-refractivity contribution in [2.24, 2.45) is 0 Å². The summed E-state index contributed by atoms with van der Waals surface area (Å²) in [6, 6.07) is 7.90. The van der Waals surface area contributed by atoms with Crippen LogP contribution in [0.1, 0.15) is 16.1 Å². The monoisotopic (exact) mass is 396 g/mol. The minimum absolute atomic E-state index is 0. The number of aromatic nitrogens is 3. The molecule has 2 aromatic heterocycles. The molecule has 1 aromatic carbocycles. The molecule has 26 heavy (non-hydrogen) atoms. The predicted octanol–water partition coefficient (Wildman–Crippen LogP) is 2.27. The highest BCUT2D eigenvalue weighted by Crippen LogP contribution is 2.20. The second-order valence-corrected chi connectivity index (χ2v) is 6.11. The first-order chi connectivity index (χ1) is 11.7. The quantitative estimate of drug-likeness (QED) is 0.632. The maximum atomic E-state index is 12.8. The standard InChI is InChI=1S/C17H20N6O.2ClH/c18-17-20-9-12(21-17)11-22-5-7-23(8-6-22)16(24)14-10-19-15-4-2-1-3-13(14)15;;/h1-4,9-10,19H,5-8,11H2,(H3,18,20,21);2*1H. The molecule has 1 aliphatic rings. The second-order valence-electron chi connectivity index (χ2n) is 6.11. The Morgan fingerprint density at radius 2 is 1.88 bits per heavy atom. The summed E-state index contributed by atoms with van der Waals surface area (Å²) in [6.07, 6.45) is 3.57. The van der Waals surface area contributed by atoms with Gasteiger partial charge in [0.1, 0.15) is 0 Å². The molecule has 0 atom stereocenters. The molecule has 0 saturated carbocycles. The molecule has 0 spiro atoms. The molecular formula is C17H22Cl2N6O. The number of piperazine rings is 1. The first-order valence-electron chi connectivity index (χ1n) is 8.08. The fourth-order valence-electron chi connectivity index (χ4n) is 3.23. The Labute approximate surface area is 163 Å². The molecule has 0 radical (unpaired) electrons. The first-order valence-corrected chi connectivity index (χ1v) is 8.08. The predicted molar refractivity (Wildman–Crippen MR) is 107 cm³/mol. The molecule has 7 nitrogen and oxygen atoms in total. The third kappa shape index (κ3) is 3.95. The van der Waals surface area contributed by atoms with Crippen LogP contribution in [0.15, 0.2) is 36.7 Å². The molecule has 1 saturated heterocycles. The molecule has 9 heteroatoms. The maximum Gasteiger partial charge on any atom is 0.256 e. The maximum absolute atomic E-state index is 12.8. The number of nitrogens with zero attached hydrogens (tertiary/aromatic N) is 3. The van der Waals surface area contributed by atoms with E-state index in [1.165, 1.54) is 0 Å². The average Bonchev–Trinajstić information content (AvgIpc) is 3.21. The number of para-hydroxylation sites is 1. The van der Waals surface area contributed by atoms with Gasteiger partial charge in [0, 0.05) is 49.8 Å². The Morgan fingerprint density at radius 3 is 2.58 bits per heavy atom. The van der Waals surface area contributed by atoms with Gasteiger partial charge in [-0.2, -0.15) is 0 Å². The Hall–Kier alpha value is -2.22. The van der Waals surface area contributed by atoms with Crippen LogP contribution in [0.4, 0.5) is 5.95 Å². The molecule has 1 amide bonds. The summed E-state index contributed by atoms with van der Waals surface area (Å²) in [5, 5.41) is 0.984. The molecule has 4 N–H and O–H groups in total. The van der Waals surface area contributed by atoms with Gasteiger partial charge in [-0.1, -0.05) is 18.2 Å². The number of nitrogens with two attached hydrogens (primary N) is 1. The lowest BCUT2D eigenvalue weighted by Crippen LogP contribution is -2.48. The number of carbonyl (C=O) groups excluding carboxylic acids is 1. The molecule has 140 valence electrons. The van der Waals surface area contributed by atoms with Crippen LogP contribution in [-0.4, -0.2) is 56.8 Å². The number of imidazole rings is 1. The van der Waals surface area contributed by atoms with E-state index in [-0.39, 0.29) is 30.7 Å². The number of fused-ring (bicyclic) bond motifs is 1. The van der Waals surface area contributed by atoms with E-state index in [1.54, 1.807) is 6.20 Å². The van der Waals surface area contributed by atoms with Crippen LogP contribution >= 0.6 is 24.8 Å². The van der Waals surface area contributed by atoms with Crippen molar-refractivity contribution in [3.8, 4) is 0 Å². The number of rotatable bonds is 3. The number of halogens is 2. The van der Waals surface area contributed by atoms with Gasteiger partial charge in [0.15, 0.2) is 5.95 Å². The summed E-state index contributed by atoms with van der Waals surface area (Å²) < 4.78 is 0. The summed E-state index contributed by atoms with van der Waals surface area (Å²) in [5.41, 5.74) is 8.35. The summed E-state index contributed by atoms with van der Waals surface area (Å²) in [7, 11) is 0. The largest absolute Gasteiger partial charge is 0.369 e. The third-order valence-electron chi connectivity index (χ3n) is 4.52. The Bertz CT molecular complexity index is 869. The number of hydrogen-bond donors (Lipinski definition) is 3. The summed E-state index contributed by atoms with van der Waals surface area (Å²) in [5.74, 6) is 0.538. The highest BCUT2D eigenvalue weighted by molar-refractivity contribution is 6.06. The lowest BCUT2D eigenvalue weighted by atomic mass is 10.1. The number of anilines is 1. The normalized spacial score (nSPS) is 14.7. The molecule has 4 rings (SSSR count). The van der Waals surface area contributed by atoms with Crippen molar-refractivity contribution < 1.29 is 4.79 Å². The highest BCUT2D eigenvalue weighted by atomic mass is 35.5. The van der Waals surface area contributed by atoms with Gasteiger partial charge in [0.2, 0.25) is 0 Å². The Kier molecular flexibility index (Phi) is 6.52. The topological polar surface area (TPSA) is 94.0 Å². The highest BCUT2D eigenvalue weighted by Gasteiger charge is 2.24. The summed E-state index contributed by atoms with van der Waals surface area (Å²) >= 11 is 0. The zero-order chi connectivity index (χ0) is 16.5. The van der Waals surface area contributed by atoms with Crippen molar-refractivity contribution in [1.29, 1.82) is 0 Å². The molecule has 0 bridgehead atoms. The lowest BCUT2D eigenvalue weighted by Gasteiger charge is -2.34. The van der Waals surface area contributed by atoms with Crippen molar-refractivity contribution in [3.63, 3.8) is 0 Å². The van der Waals surface area contributed by atoms with E-state index in [9.17, 15) is 4.79 Å². The molecular weight excluding hydrogens is 375 g/mol. The number of nitrogens with one attached hydrogen (secondary N) is 2. The van der Waals surface area contributed by atoms with Crippen molar-refractivity contribution in [2.75, 3.05) is 31.9 Å². The van der Waals surface area contributed by atoms with Gasteiger partial charge in [-0.3, -0.25) is 9.69 Å². The average molecular weight is 397 g/mol. The van der Waals surface area contributed by atoms with Gasteiger partial charge in [-0.15, -0.1) is 24.8 Å². The van der Waals surface area contributed by atoms with E-state index >= 15 is 0 Å². The van der Waals surface area contributed by atoms with Crippen molar-refractivity contribution in [2.45, 2.75) is 6.54 Å². The van der Waals surface area contributed by atoms with Crippen LogP contribution in [0.3, 0.4) is 0 Å². The van der Waals surface area contributed by atoms with Crippen LogP contribution < -0.4 is 5.73 Å². The fraction of sp³-hybridized carbons (Fsp3) is 0.294. The smallest absolute Gasteiger partial charge is 0.256 e.